The van der Waals surface area contributed by atoms with E-state index in [1.807, 2.05) is 0 Å². The number of halogens is 1. The zero-order valence-electron chi connectivity index (χ0n) is 16.0. The zero-order valence-corrected chi connectivity index (χ0v) is 18.4. The lowest BCUT2D eigenvalue weighted by molar-refractivity contribution is 0.0474. The number of Topliss-reactive ketones (excluding diaryl/α,β-unsaturated/α-hetero) is 1. The minimum absolute atomic E-state index is 0.0184. The van der Waals surface area contributed by atoms with Crippen LogP contribution in [0.5, 0.6) is 5.75 Å². The van der Waals surface area contributed by atoms with E-state index in [2.05, 4.69) is 15.9 Å². The molecule has 0 N–H and O–H groups in total. The van der Waals surface area contributed by atoms with Crippen molar-refractivity contribution in [2.75, 3.05) is 30.3 Å². The van der Waals surface area contributed by atoms with Gasteiger partial charge in [-0.1, -0.05) is 0 Å². The van der Waals surface area contributed by atoms with Crippen molar-refractivity contribution < 1.29 is 27.5 Å². The molecule has 29 heavy (non-hydrogen) atoms. The standard InChI is InChI=1S/C20H20BrNO6S/c1-3-29(25,26)22-9-8-13-10-14(4-6-17(13)22)18(23)12-28-20(24)15-5-7-19(27-2)16(21)11-15/h4-7,10-11H,3,8-9,12H2,1-2H3. The Labute approximate surface area is 177 Å². The van der Waals surface area contributed by atoms with Crippen LogP contribution < -0.4 is 9.04 Å². The molecule has 0 radical (unpaired) electrons. The van der Waals surface area contributed by atoms with Crippen molar-refractivity contribution >= 4 is 43.4 Å². The topological polar surface area (TPSA) is 90.0 Å². The summed E-state index contributed by atoms with van der Waals surface area (Å²) in [6.07, 6.45) is 0.537. The largest absolute Gasteiger partial charge is 0.496 e. The normalized spacial score (nSPS) is 13.1. The fraction of sp³-hybridized carbons (Fsp3) is 0.300. The molecule has 0 fully saturated rings. The molecule has 2 aromatic carbocycles. The zero-order chi connectivity index (χ0) is 21.2. The molecule has 2 aromatic rings. The van der Waals surface area contributed by atoms with Gasteiger partial charge in [0.2, 0.25) is 10.0 Å². The third-order valence-electron chi connectivity index (χ3n) is 4.68. The molecule has 154 valence electrons. The molecule has 0 unspecified atom stereocenters. The van der Waals surface area contributed by atoms with Gasteiger partial charge < -0.3 is 9.47 Å². The van der Waals surface area contributed by atoms with Gasteiger partial charge in [0, 0.05) is 12.1 Å². The molecule has 3 rings (SSSR count). The average Bonchev–Trinajstić information content (AvgIpc) is 3.15. The summed E-state index contributed by atoms with van der Waals surface area (Å²) in [7, 11) is -1.82. The van der Waals surface area contributed by atoms with Gasteiger partial charge in [-0.15, -0.1) is 0 Å². The fourth-order valence-corrected chi connectivity index (χ4v) is 4.78. The van der Waals surface area contributed by atoms with Crippen LogP contribution in [-0.2, 0) is 21.2 Å². The molecule has 0 aromatic heterocycles. The summed E-state index contributed by atoms with van der Waals surface area (Å²) in [4.78, 5) is 24.6. The van der Waals surface area contributed by atoms with Crippen molar-refractivity contribution in [1.29, 1.82) is 0 Å². The van der Waals surface area contributed by atoms with E-state index >= 15 is 0 Å². The van der Waals surface area contributed by atoms with Gasteiger partial charge in [-0.3, -0.25) is 9.10 Å². The van der Waals surface area contributed by atoms with E-state index in [0.29, 0.717) is 40.0 Å². The number of hydrogen-bond acceptors (Lipinski definition) is 6. The summed E-state index contributed by atoms with van der Waals surface area (Å²) in [5.41, 5.74) is 2.06. The first-order valence-corrected chi connectivity index (χ1v) is 11.3. The molecule has 0 atom stereocenters. The van der Waals surface area contributed by atoms with Crippen molar-refractivity contribution in [3.8, 4) is 5.75 Å². The molecule has 0 saturated carbocycles. The van der Waals surface area contributed by atoms with Crippen LogP contribution in [0.3, 0.4) is 0 Å². The fourth-order valence-electron chi connectivity index (χ4n) is 3.08. The maximum atomic E-state index is 12.4. The van der Waals surface area contributed by atoms with Crippen molar-refractivity contribution in [3.05, 3.63) is 57.6 Å². The molecular formula is C20H20BrNO6S. The Hall–Kier alpha value is -2.39. The predicted octanol–water partition coefficient (Wildman–Crippen LogP) is 3.21. The van der Waals surface area contributed by atoms with Crippen molar-refractivity contribution in [2.45, 2.75) is 13.3 Å². The third kappa shape index (κ3) is 4.45. The molecule has 7 nitrogen and oxygen atoms in total. The van der Waals surface area contributed by atoms with E-state index in [1.54, 1.807) is 43.3 Å². The quantitative estimate of drug-likeness (QED) is 0.445. The summed E-state index contributed by atoms with van der Waals surface area (Å²) in [5.74, 6) is -0.381. The van der Waals surface area contributed by atoms with Crippen LogP contribution in [0, 0.1) is 0 Å². The minimum Gasteiger partial charge on any atom is -0.496 e. The van der Waals surface area contributed by atoms with E-state index in [1.165, 1.54) is 11.4 Å². The number of fused-ring (bicyclic) bond motifs is 1. The minimum atomic E-state index is -3.34. The molecule has 0 spiro atoms. The molecular weight excluding hydrogens is 462 g/mol. The number of anilines is 1. The van der Waals surface area contributed by atoms with Gasteiger partial charge in [-0.2, -0.15) is 0 Å². The van der Waals surface area contributed by atoms with Crippen LogP contribution in [0.2, 0.25) is 0 Å². The SMILES string of the molecule is CCS(=O)(=O)N1CCc2cc(C(=O)COC(=O)c3ccc(OC)c(Br)c3)ccc21. The summed E-state index contributed by atoms with van der Waals surface area (Å²) in [5, 5.41) is 0. The predicted molar refractivity (Wildman–Crippen MR) is 112 cm³/mol. The Morgan fingerprint density at radius 3 is 2.52 bits per heavy atom. The second-order valence-electron chi connectivity index (χ2n) is 6.41. The molecule has 1 aliphatic heterocycles. The second kappa shape index (κ2) is 8.54. The van der Waals surface area contributed by atoms with Crippen LogP contribution in [0.15, 0.2) is 40.9 Å². The number of nitrogens with zero attached hydrogens (tertiary/aromatic N) is 1. The average molecular weight is 482 g/mol. The van der Waals surface area contributed by atoms with Gasteiger partial charge in [0.15, 0.2) is 12.4 Å². The highest BCUT2D eigenvalue weighted by Gasteiger charge is 2.28. The summed E-state index contributed by atoms with van der Waals surface area (Å²) in [6, 6.07) is 9.59. The van der Waals surface area contributed by atoms with E-state index < -0.39 is 22.6 Å². The van der Waals surface area contributed by atoms with Crippen LogP contribution in [0.25, 0.3) is 0 Å². The second-order valence-corrected chi connectivity index (χ2v) is 9.45. The first kappa shape index (κ1) is 21.3. The van der Waals surface area contributed by atoms with Gasteiger partial charge in [0.1, 0.15) is 5.75 Å². The number of methoxy groups -OCH3 is 1. The van der Waals surface area contributed by atoms with Crippen molar-refractivity contribution in [3.63, 3.8) is 0 Å². The summed E-state index contributed by atoms with van der Waals surface area (Å²) in [6.45, 7) is 1.56. The Balaban J connectivity index is 1.68. The van der Waals surface area contributed by atoms with E-state index in [4.69, 9.17) is 9.47 Å². The van der Waals surface area contributed by atoms with E-state index in [9.17, 15) is 18.0 Å². The van der Waals surface area contributed by atoms with Crippen LogP contribution in [0.1, 0.15) is 33.2 Å². The van der Waals surface area contributed by atoms with Crippen molar-refractivity contribution in [2.24, 2.45) is 0 Å². The maximum Gasteiger partial charge on any atom is 0.338 e. The van der Waals surface area contributed by atoms with E-state index in [-0.39, 0.29) is 11.5 Å². The molecule has 1 aliphatic rings. The van der Waals surface area contributed by atoms with Gasteiger partial charge >= 0.3 is 5.97 Å². The third-order valence-corrected chi connectivity index (χ3v) is 7.08. The lowest BCUT2D eigenvalue weighted by Crippen LogP contribution is -2.30. The Morgan fingerprint density at radius 2 is 1.86 bits per heavy atom. The molecule has 0 amide bonds. The van der Waals surface area contributed by atoms with Crippen molar-refractivity contribution in [1.82, 2.24) is 0 Å². The van der Waals surface area contributed by atoms with E-state index in [0.717, 1.165) is 5.56 Å². The number of ketones is 1. The highest BCUT2D eigenvalue weighted by molar-refractivity contribution is 9.10. The van der Waals surface area contributed by atoms with Gasteiger partial charge in [-0.05, 0) is 71.2 Å². The molecule has 9 heteroatoms. The Kier molecular flexibility index (Phi) is 6.28. The number of sulfonamides is 1. The van der Waals surface area contributed by atoms with Crippen LogP contribution in [0.4, 0.5) is 5.69 Å². The van der Waals surface area contributed by atoms with Crippen LogP contribution in [-0.4, -0.2) is 46.2 Å². The number of rotatable bonds is 7. The first-order chi connectivity index (χ1) is 13.8. The number of ether oxygens (including phenoxy) is 2. The van der Waals surface area contributed by atoms with Gasteiger partial charge in [0.05, 0.1) is 28.6 Å². The number of benzene rings is 2. The number of carbonyl (C=O) groups excluding carboxylic acids is 2. The number of esters is 1. The summed E-state index contributed by atoms with van der Waals surface area (Å²) < 4.78 is 36.5. The van der Waals surface area contributed by atoms with Gasteiger partial charge in [-0.25, -0.2) is 13.2 Å². The molecule has 0 bridgehead atoms. The smallest absolute Gasteiger partial charge is 0.338 e. The monoisotopic (exact) mass is 481 g/mol. The Bertz CT molecular complexity index is 1070. The lowest BCUT2D eigenvalue weighted by Gasteiger charge is -2.18. The Morgan fingerprint density at radius 1 is 1.14 bits per heavy atom. The number of hydrogen-bond donors (Lipinski definition) is 0. The maximum absolute atomic E-state index is 12.4. The van der Waals surface area contributed by atoms with Gasteiger partial charge in [0.25, 0.3) is 0 Å². The molecule has 0 aliphatic carbocycles. The highest BCUT2D eigenvalue weighted by atomic mass is 79.9. The molecule has 1 heterocycles. The first-order valence-electron chi connectivity index (χ1n) is 8.94. The number of carbonyl (C=O) groups is 2. The van der Waals surface area contributed by atoms with Crippen LogP contribution >= 0.6 is 15.9 Å². The molecule has 0 saturated heterocycles. The summed E-state index contributed by atoms with van der Waals surface area (Å²) >= 11 is 3.30. The highest BCUT2D eigenvalue weighted by Crippen LogP contribution is 2.31. The lowest BCUT2D eigenvalue weighted by atomic mass is 10.1.